The third kappa shape index (κ3) is 4.45. The van der Waals surface area contributed by atoms with E-state index in [1.807, 2.05) is 30.3 Å². The van der Waals surface area contributed by atoms with E-state index in [9.17, 15) is 9.59 Å². The van der Waals surface area contributed by atoms with Gasteiger partial charge in [0.2, 0.25) is 10.5 Å². The summed E-state index contributed by atoms with van der Waals surface area (Å²) in [6.45, 7) is 0. The standard InChI is InChI=1S/C11H10Cl2O2/c12-10(14)7-9(11(13)15)6-8-4-2-1-3-5-8/h1-5,9H,6-7H2. The summed E-state index contributed by atoms with van der Waals surface area (Å²) >= 11 is 10.6. The van der Waals surface area contributed by atoms with E-state index in [-0.39, 0.29) is 6.42 Å². The van der Waals surface area contributed by atoms with Gasteiger partial charge in [-0.05, 0) is 35.2 Å². The highest BCUT2D eigenvalue weighted by Gasteiger charge is 2.19. The predicted octanol–water partition coefficient (Wildman–Crippen LogP) is 2.77. The molecule has 2 nitrogen and oxygen atoms in total. The number of benzene rings is 1. The van der Waals surface area contributed by atoms with E-state index < -0.39 is 16.4 Å². The Morgan fingerprint density at radius 3 is 2.20 bits per heavy atom. The van der Waals surface area contributed by atoms with Gasteiger partial charge in [-0.2, -0.15) is 0 Å². The molecule has 0 aliphatic carbocycles. The molecule has 0 N–H and O–H groups in total. The lowest BCUT2D eigenvalue weighted by Crippen LogP contribution is -2.14. The molecule has 0 heterocycles. The molecular weight excluding hydrogens is 235 g/mol. The quantitative estimate of drug-likeness (QED) is 0.747. The average molecular weight is 245 g/mol. The third-order valence-corrected chi connectivity index (χ3v) is 2.52. The molecule has 0 radical (unpaired) electrons. The molecule has 15 heavy (non-hydrogen) atoms. The lowest BCUT2D eigenvalue weighted by Gasteiger charge is -2.09. The summed E-state index contributed by atoms with van der Waals surface area (Å²) in [5.74, 6) is -0.529. The van der Waals surface area contributed by atoms with Gasteiger partial charge in [-0.3, -0.25) is 9.59 Å². The molecule has 0 spiro atoms. The second-order valence-corrected chi connectivity index (χ2v) is 4.04. The van der Waals surface area contributed by atoms with Crippen LogP contribution in [0.15, 0.2) is 30.3 Å². The van der Waals surface area contributed by atoms with E-state index in [2.05, 4.69) is 0 Å². The number of carbonyl (C=O) groups excluding carboxylic acids is 2. The van der Waals surface area contributed by atoms with Gasteiger partial charge in [0.05, 0.1) is 0 Å². The zero-order valence-electron chi connectivity index (χ0n) is 7.95. The molecule has 1 aromatic carbocycles. The molecule has 0 saturated carbocycles. The molecule has 1 unspecified atom stereocenters. The Labute approximate surface area is 98.2 Å². The number of carbonyl (C=O) groups is 2. The average Bonchev–Trinajstić information content (AvgIpc) is 2.17. The van der Waals surface area contributed by atoms with Crippen molar-refractivity contribution in [2.24, 2.45) is 5.92 Å². The van der Waals surface area contributed by atoms with Gasteiger partial charge < -0.3 is 0 Å². The third-order valence-electron chi connectivity index (χ3n) is 2.05. The molecule has 0 fully saturated rings. The molecule has 4 heteroatoms. The summed E-state index contributed by atoms with van der Waals surface area (Å²) in [5, 5.41) is -1.06. The van der Waals surface area contributed by atoms with Crippen LogP contribution in [0.2, 0.25) is 0 Å². The Hall–Kier alpha value is -0.860. The van der Waals surface area contributed by atoms with E-state index >= 15 is 0 Å². The normalized spacial score (nSPS) is 12.1. The van der Waals surface area contributed by atoms with E-state index in [4.69, 9.17) is 23.2 Å². The first kappa shape index (κ1) is 12.2. The Balaban J connectivity index is 2.67. The highest BCUT2D eigenvalue weighted by Crippen LogP contribution is 2.16. The molecule has 0 saturated heterocycles. The Kier molecular flexibility index (Phi) is 4.79. The zero-order chi connectivity index (χ0) is 11.3. The van der Waals surface area contributed by atoms with Gasteiger partial charge in [-0.15, -0.1) is 0 Å². The van der Waals surface area contributed by atoms with Crippen LogP contribution in [0, 0.1) is 5.92 Å². The molecular formula is C11H10Cl2O2. The molecule has 0 amide bonds. The summed E-state index contributed by atoms with van der Waals surface area (Å²) in [7, 11) is 0. The zero-order valence-corrected chi connectivity index (χ0v) is 9.46. The smallest absolute Gasteiger partial charge is 0.225 e. The van der Waals surface area contributed by atoms with Crippen LogP contribution in [-0.2, 0) is 16.0 Å². The minimum Gasteiger partial charge on any atom is -0.281 e. The maximum Gasteiger partial charge on any atom is 0.225 e. The molecule has 80 valence electrons. The fraction of sp³-hybridized carbons (Fsp3) is 0.273. The molecule has 1 rings (SSSR count). The summed E-state index contributed by atoms with van der Waals surface area (Å²) in [6.07, 6.45) is 0.431. The van der Waals surface area contributed by atoms with Gasteiger partial charge >= 0.3 is 0 Å². The van der Waals surface area contributed by atoms with Gasteiger partial charge in [0.25, 0.3) is 0 Å². The van der Waals surface area contributed by atoms with E-state index in [1.165, 1.54) is 0 Å². The fourth-order valence-electron chi connectivity index (χ4n) is 1.32. The van der Waals surface area contributed by atoms with E-state index in [0.29, 0.717) is 6.42 Å². The Bertz CT molecular complexity index is 349. The fourth-order valence-corrected chi connectivity index (χ4v) is 1.67. The van der Waals surface area contributed by atoms with Crippen LogP contribution in [0.1, 0.15) is 12.0 Å². The summed E-state index contributed by atoms with van der Waals surface area (Å²) < 4.78 is 0. The number of halogens is 2. The van der Waals surface area contributed by atoms with Crippen LogP contribution in [0.3, 0.4) is 0 Å². The first-order valence-corrected chi connectivity index (χ1v) is 5.27. The summed E-state index contributed by atoms with van der Waals surface area (Å²) in [5.41, 5.74) is 0.967. The number of hydrogen-bond donors (Lipinski definition) is 0. The van der Waals surface area contributed by atoms with Gasteiger partial charge in [-0.1, -0.05) is 30.3 Å². The maximum atomic E-state index is 11.0. The molecule has 0 aliphatic rings. The van der Waals surface area contributed by atoms with Crippen molar-refractivity contribution in [3.8, 4) is 0 Å². The van der Waals surface area contributed by atoms with Crippen LogP contribution >= 0.6 is 23.2 Å². The molecule has 1 atom stereocenters. The second-order valence-electron chi connectivity index (χ2n) is 3.25. The van der Waals surface area contributed by atoms with Crippen LogP contribution < -0.4 is 0 Å². The van der Waals surface area contributed by atoms with Crippen molar-refractivity contribution >= 4 is 33.7 Å². The van der Waals surface area contributed by atoms with Crippen molar-refractivity contribution in [3.63, 3.8) is 0 Å². The van der Waals surface area contributed by atoms with Crippen molar-refractivity contribution in [1.82, 2.24) is 0 Å². The Morgan fingerprint density at radius 1 is 1.13 bits per heavy atom. The van der Waals surface area contributed by atoms with Crippen molar-refractivity contribution in [3.05, 3.63) is 35.9 Å². The maximum absolute atomic E-state index is 11.0. The molecule has 0 aliphatic heterocycles. The van der Waals surface area contributed by atoms with Gasteiger partial charge in [0, 0.05) is 12.3 Å². The first-order valence-electron chi connectivity index (χ1n) is 4.51. The van der Waals surface area contributed by atoms with E-state index in [1.54, 1.807) is 0 Å². The monoisotopic (exact) mass is 244 g/mol. The largest absolute Gasteiger partial charge is 0.281 e. The van der Waals surface area contributed by atoms with Crippen molar-refractivity contribution in [2.45, 2.75) is 12.8 Å². The summed E-state index contributed by atoms with van der Waals surface area (Å²) in [4.78, 5) is 21.7. The van der Waals surface area contributed by atoms with E-state index in [0.717, 1.165) is 5.56 Å². The van der Waals surface area contributed by atoms with Crippen molar-refractivity contribution in [1.29, 1.82) is 0 Å². The van der Waals surface area contributed by atoms with Crippen LogP contribution in [0.4, 0.5) is 0 Å². The SMILES string of the molecule is O=C(Cl)CC(Cc1ccccc1)C(=O)Cl. The van der Waals surface area contributed by atoms with Crippen LogP contribution in [0.25, 0.3) is 0 Å². The molecule has 0 bridgehead atoms. The second kappa shape index (κ2) is 5.89. The Morgan fingerprint density at radius 2 is 1.73 bits per heavy atom. The molecule has 1 aromatic rings. The van der Waals surface area contributed by atoms with Crippen molar-refractivity contribution < 1.29 is 9.59 Å². The van der Waals surface area contributed by atoms with Crippen LogP contribution in [-0.4, -0.2) is 10.5 Å². The van der Waals surface area contributed by atoms with Crippen LogP contribution in [0.5, 0.6) is 0 Å². The van der Waals surface area contributed by atoms with Gasteiger partial charge in [0.15, 0.2) is 0 Å². The lowest BCUT2D eigenvalue weighted by molar-refractivity contribution is -0.119. The van der Waals surface area contributed by atoms with Gasteiger partial charge in [0.1, 0.15) is 0 Å². The summed E-state index contributed by atoms with van der Waals surface area (Å²) in [6, 6.07) is 9.38. The van der Waals surface area contributed by atoms with Gasteiger partial charge in [-0.25, -0.2) is 0 Å². The molecule has 0 aromatic heterocycles. The minimum atomic E-state index is -0.537. The topological polar surface area (TPSA) is 34.1 Å². The minimum absolute atomic E-state index is 0.0151. The predicted molar refractivity (Wildman–Crippen MR) is 60.0 cm³/mol. The number of hydrogen-bond acceptors (Lipinski definition) is 2. The first-order chi connectivity index (χ1) is 7.09. The van der Waals surface area contributed by atoms with Crippen molar-refractivity contribution in [2.75, 3.05) is 0 Å². The highest BCUT2D eigenvalue weighted by atomic mass is 35.5. The lowest BCUT2D eigenvalue weighted by atomic mass is 9.98. The number of rotatable bonds is 5. The highest BCUT2D eigenvalue weighted by molar-refractivity contribution is 6.66.